The molecule has 3 fully saturated rings. The first-order chi connectivity index (χ1) is 14.3. The van der Waals surface area contributed by atoms with E-state index in [4.69, 9.17) is 9.26 Å². The molecule has 1 aromatic heterocycles. The Bertz CT molecular complexity index is 816. The summed E-state index contributed by atoms with van der Waals surface area (Å²) < 4.78 is 10.9. The number of likely N-dealkylation sites (tertiary alicyclic amines) is 1. The minimum Gasteiger partial charge on any atom is -0.381 e. The van der Waals surface area contributed by atoms with Gasteiger partial charge in [0.05, 0.1) is 5.92 Å². The van der Waals surface area contributed by atoms with Crippen molar-refractivity contribution in [2.24, 2.45) is 0 Å². The zero-order valence-corrected chi connectivity index (χ0v) is 17.6. The van der Waals surface area contributed by atoms with Crippen molar-refractivity contribution >= 4 is 17.8 Å². The fraction of sp³-hybridized carbons (Fsp3) is 0.750. The molecule has 1 atom stereocenters. The van der Waals surface area contributed by atoms with Crippen molar-refractivity contribution in [1.82, 2.24) is 25.3 Å². The van der Waals surface area contributed by atoms with E-state index in [1.165, 1.54) is 0 Å². The second-order valence-electron chi connectivity index (χ2n) is 8.82. The zero-order chi connectivity index (χ0) is 21.3. The summed E-state index contributed by atoms with van der Waals surface area (Å²) in [6.45, 7) is 6.00. The molecule has 0 spiro atoms. The van der Waals surface area contributed by atoms with Gasteiger partial charge in [-0.3, -0.25) is 14.5 Å². The van der Waals surface area contributed by atoms with Crippen LogP contribution in [-0.4, -0.2) is 76.2 Å². The molecule has 30 heavy (non-hydrogen) atoms. The van der Waals surface area contributed by atoms with Crippen molar-refractivity contribution in [2.45, 2.75) is 63.3 Å². The lowest BCUT2D eigenvalue weighted by atomic mass is 9.97. The molecule has 0 aromatic carbocycles. The third-order valence-corrected chi connectivity index (χ3v) is 6.16. The van der Waals surface area contributed by atoms with Crippen molar-refractivity contribution < 1.29 is 23.6 Å². The van der Waals surface area contributed by atoms with E-state index >= 15 is 0 Å². The second-order valence-corrected chi connectivity index (χ2v) is 8.82. The summed E-state index contributed by atoms with van der Waals surface area (Å²) in [5, 5.41) is 6.80. The molecular weight excluding hydrogens is 390 g/mol. The monoisotopic (exact) mass is 419 g/mol. The number of carbonyl (C=O) groups excluding carboxylic acids is 3. The van der Waals surface area contributed by atoms with Gasteiger partial charge < -0.3 is 19.5 Å². The first-order valence-electron chi connectivity index (χ1n) is 10.7. The number of rotatable bonds is 5. The Hall–Kier alpha value is -2.49. The van der Waals surface area contributed by atoms with E-state index in [0.717, 1.165) is 49.6 Å². The lowest BCUT2D eigenvalue weighted by molar-refractivity contribution is -0.134. The van der Waals surface area contributed by atoms with Gasteiger partial charge >= 0.3 is 6.03 Å². The standard InChI is InChI=1S/C20H29N5O5/c1-20(2)18(27)25(19(28)22-20)9-5-15(26)24-8-3-4-14(12-24)17-21-16(23-30-17)13-6-10-29-11-7-13/h13-14H,3-12H2,1-2H3,(H,22,28). The number of aromatic nitrogens is 2. The first kappa shape index (κ1) is 20.8. The highest BCUT2D eigenvalue weighted by molar-refractivity contribution is 6.06. The molecule has 1 unspecified atom stereocenters. The van der Waals surface area contributed by atoms with E-state index in [1.54, 1.807) is 18.7 Å². The van der Waals surface area contributed by atoms with Crippen LogP contribution in [0.25, 0.3) is 0 Å². The fourth-order valence-electron chi connectivity index (χ4n) is 4.33. The second kappa shape index (κ2) is 8.33. The number of urea groups is 1. The number of carbonyl (C=O) groups is 3. The Labute approximate surface area is 175 Å². The van der Waals surface area contributed by atoms with Gasteiger partial charge in [0.2, 0.25) is 11.8 Å². The van der Waals surface area contributed by atoms with Gasteiger partial charge in [0.25, 0.3) is 5.91 Å². The van der Waals surface area contributed by atoms with Crippen LogP contribution in [0.3, 0.4) is 0 Å². The highest BCUT2D eigenvalue weighted by atomic mass is 16.5. The summed E-state index contributed by atoms with van der Waals surface area (Å²) in [5.74, 6) is 1.23. The van der Waals surface area contributed by atoms with Crippen molar-refractivity contribution in [3.8, 4) is 0 Å². The van der Waals surface area contributed by atoms with Crippen LogP contribution in [0.4, 0.5) is 4.79 Å². The van der Waals surface area contributed by atoms with Crippen molar-refractivity contribution in [3.63, 3.8) is 0 Å². The van der Waals surface area contributed by atoms with Crippen molar-refractivity contribution in [2.75, 3.05) is 32.8 Å². The van der Waals surface area contributed by atoms with Crippen LogP contribution in [0, 0.1) is 0 Å². The molecule has 0 aliphatic carbocycles. The lowest BCUT2D eigenvalue weighted by Crippen LogP contribution is -2.42. The van der Waals surface area contributed by atoms with E-state index in [0.29, 0.717) is 19.0 Å². The Morgan fingerprint density at radius 2 is 1.97 bits per heavy atom. The molecule has 1 aromatic rings. The molecule has 0 radical (unpaired) electrons. The Balaban J connectivity index is 1.32. The molecule has 0 saturated carbocycles. The molecule has 10 heteroatoms. The van der Waals surface area contributed by atoms with Crippen molar-refractivity contribution in [3.05, 3.63) is 11.7 Å². The third-order valence-electron chi connectivity index (χ3n) is 6.16. The highest BCUT2D eigenvalue weighted by Crippen LogP contribution is 2.30. The lowest BCUT2D eigenvalue weighted by Gasteiger charge is -2.31. The van der Waals surface area contributed by atoms with Crippen LogP contribution in [0.1, 0.15) is 69.5 Å². The molecule has 3 saturated heterocycles. The predicted molar refractivity (Wildman–Crippen MR) is 105 cm³/mol. The largest absolute Gasteiger partial charge is 0.381 e. The van der Waals surface area contributed by atoms with Crippen LogP contribution < -0.4 is 5.32 Å². The van der Waals surface area contributed by atoms with Crippen LogP contribution >= 0.6 is 0 Å². The summed E-state index contributed by atoms with van der Waals surface area (Å²) in [7, 11) is 0. The molecular formula is C20H29N5O5. The summed E-state index contributed by atoms with van der Waals surface area (Å²) in [6.07, 6.45) is 3.64. The first-order valence-corrected chi connectivity index (χ1v) is 10.7. The van der Waals surface area contributed by atoms with Crippen LogP contribution in [-0.2, 0) is 14.3 Å². The molecule has 4 rings (SSSR count). The van der Waals surface area contributed by atoms with E-state index in [-0.39, 0.29) is 36.6 Å². The number of hydrogen-bond donors (Lipinski definition) is 1. The highest BCUT2D eigenvalue weighted by Gasteiger charge is 2.44. The summed E-state index contributed by atoms with van der Waals surface area (Å²) in [5.41, 5.74) is -0.920. The maximum Gasteiger partial charge on any atom is 0.325 e. The normalized spacial score (nSPS) is 24.9. The average Bonchev–Trinajstić information content (AvgIpc) is 3.31. The summed E-state index contributed by atoms with van der Waals surface area (Å²) in [6, 6.07) is -0.444. The topological polar surface area (TPSA) is 118 Å². The predicted octanol–water partition coefficient (Wildman–Crippen LogP) is 1.39. The SMILES string of the molecule is CC1(C)NC(=O)N(CCC(=O)N2CCCC(c3nc(C4CCOCC4)no3)C2)C1=O. The Morgan fingerprint density at radius 3 is 2.67 bits per heavy atom. The van der Waals surface area contributed by atoms with Gasteiger partial charge in [-0.15, -0.1) is 0 Å². The zero-order valence-electron chi connectivity index (χ0n) is 17.6. The minimum atomic E-state index is -0.920. The van der Waals surface area contributed by atoms with Gasteiger partial charge in [-0.25, -0.2) is 4.79 Å². The Morgan fingerprint density at radius 1 is 1.20 bits per heavy atom. The van der Waals surface area contributed by atoms with E-state index in [1.807, 2.05) is 0 Å². The molecule has 1 N–H and O–H groups in total. The summed E-state index contributed by atoms with van der Waals surface area (Å²) >= 11 is 0. The number of hydrogen-bond acceptors (Lipinski definition) is 7. The molecule has 4 amide bonds. The smallest absolute Gasteiger partial charge is 0.325 e. The number of nitrogens with zero attached hydrogens (tertiary/aromatic N) is 4. The molecule has 4 heterocycles. The van der Waals surface area contributed by atoms with Gasteiger partial charge in [0.1, 0.15) is 5.54 Å². The van der Waals surface area contributed by atoms with Gasteiger partial charge in [-0.1, -0.05) is 5.16 Å². The number of amides is 4. The van der Waals surface area contributed by atoms with E-state index in [2.05, 4.69) is 15.5 Å². The van der Waals surface area contributed by atoms with Gasteiger partial charge in [0.15, 0.2) is 5.82 Å². The number of nitrogens with one attached hydrogen (secondary N) is 1. The average molecular weight is 419 g/mol. The molecule has 164 valence electrons. The number of ether oxygens (including phenoxy) is 1. The van der Waals surface area contributed by atoms with E-state index in [9.17, 15) is 14.4 Å². The molecule has 0 bridgehead atoms. The quantitative estimate of drug-likeness (QED) is 0.717. The van der Waals surface area contributed by atoms with Crippen molar-refractivity contribution in [1.29, 1.82) is 0 Å². The third kappa shape index (κ3) is 4.19. The maximum atomic E-state index is 12.7. The van der Waals surface area contributed by atoms with Gasteiger partial charge in [-0.05, 0) is 39.5 Å². The molecule has 3 aliphatic rings. The molecule has 10 nitrogen and oxygen atoms in total. The molecule has 3 aliphatic heterocycles. The van der Waals surface area contributed by atoms with Crippen LogP contribution in [0.5, 0.6) is 0 Å². The van der Waals surface area contributed by atoms with Crippen LogP contribution in [0.2, 0.25) is 0 Å². The number of piperidine rings is 1. The fourth-order valence-corrected chi connectivity index (χ4v) is 4.33. The summed E-state index contributed by atoms with van der Waals surface area (Å²) in [4.78, 5) is 44.5. The maximum absolute atomic E-state index is 12.7. The van der Waals surface area contributed by atoms with E-state index < -0.39 is 11.6 Å². The number of imide groups is 1. The van der Waals surface area contributed by atoms with Gasteiger partial charge in [0, 0.05) is 45.2 Å². The van der Waals surface area contributed by atoms with Gasteiger partial charge in [-0.2, -0.15) is 4.98 Å². The Kier molecular flexibility index (Phi) is 5.77. The van der Waals surface area contributed by atoms with Crippen LogP contribution in [0.15, 0.2) is 4.52 Å². The minimum absolute atomic E-state index is 0.0134.